The standard InChI is InChI=1S/C13H20O3/c1-9(2)11(14)7-13(5,6)8-16-12(15)10(3)4/h1,3,7-8H2,2,4-6H3. The molecule has 3 heteroatoms. The molecule has 0 heterocycles. The number of carbonyl (C=O) groups excluding carboxylic acids is 2. The minimum Gasteiger partial charge on any atom is -0.462 e. The van der Waals surface area contributed by atoms with Crippen molar-refractivity contribution in [2.75, 3.05) is 6.61 Å². The van der Waals surface area contributed by atoms with Gasteiger partial charge >= 0.3 is 5.97 Å². The molecule has 0 aliphatic heterocycles. The van der Waals surface area contributed by atoms with Crippen molar-refractivity contribution in [1.29, 1.82) is 0 Å². The van der Waals surface area contributed by atoms with E-state index in [0.29, 0.717) is 17.6 Å². The Morgan fingerprint density at radius 3 is 2.00 bits per heavy atom. The molecule has 0 aromatic carbocycles. The lowest BCUT2D eigenvalue weighted by Gasteiger charge is -2.23. The van der Waals surface area contributed by atoms with Crippen molar-refractivity contribution < 1.29 is 14.3 Å². The van der Waals surface area contributed by atoms with Gasteiger partial charge in [0.05, 0.1) is 6.61 Å². The van der Waals surface area contributed by atoms with Crippen molar-refractivity contribution in [3.63, 3.8) is 0 Å². The second-order valence-corrected chi connectivity index (χ2v) is 4.90. The Labute approximate surface area is 97.2 Å². The van der Waals surface area contributed by atoms with Crippen LogP contribution in [0.4, 0.5) is 0 Å². The number of hydrogen-bond acceptors (Lipinski definition) is 3. The Hall–Kier alpha value is -1.38. The highest BCUT2D eigenvalue weighted by Gasteiger charge is 2.24. The van der Waals surface area contributed by atoms with Crippen LogP contribution in [0.3, 0.4) is 0 Å². The van der Waals surface area contributed by atoms with Crippen molar-refractivity contribution in [2.45, 2.75) is 34.1 Å². The predicted octanol–water partition coefficient (Wildman–Crippen LogP) is 2.67. The fourth-order valence-electron chi connectivity index (χ4n) is 1.02. The quantitative estimate of drug-likeness (QED) is 0.514. The molecule has 0 spiro atoms. The van der Waals surface area contributed by atoms with Gasteiger partial charge in [-0.15, -0.1) is 0 Å². The average Bonchev–Trinajstić information content (AvgIpc) is 2.13. The van der Waals surface area contributed by atoms with Crippen LogP contribution in [0.2, 0.25) is 0 Å². The smallest absolute Gasteiger partial charge is 0.333 e. The van der Waals surface area contributed by atoms with Gasteiger partial charge in [-0.3, -0.25) is 4.79 Å². The zero-order chi connectivity index (χ0) is 12.9. The summed E-state index contributed by atoms with van der Waals surface area (Å²) in [6.45, 7) is 14.3. The number of hydrogen-bond donors (Lipinski definition) is 0. The maximum absolute atomic E-state index is 11.5. The first kappa shape index (κ1) is 14.6. The minimum absolute atomic E-state index is 0.00336. The highest BCUT2D eigenvalue weighted by atomic mass is 16.5. The van der Waals surface area contributed by atoms with E-state index in [1.54, 1.807) is 13.8 Å². The van der Waals surface area contributed by atoms with Crippen LogP contribution in [0.5, 0.6) is 0 Å². The average molecular weight is 224 g/mol. The van der Waals surface area contributed by atoms with Gasteiger partial charge < -0.3 is 4.74 Å². The summed E-state index contributed by atoms with van der Waals surface area (Å²) in [5, 5.41) is 0. The van der Waals surface area contributed by atoms with E-state index in [0.717, 1.165) is 0 Å². The largest absolute Gasteiger partial charge is 0.462 e. The molecule has 0 radical (unpaired) electrons. The Balaban J connectivity index is 4.25. The Kier molecular flexibility index (Phi) is 5.15. The molecule has 0 atom stereocenters. The molecule has 0 aliphatic carbocycles. The molecule has 0 aliphatic rings. The SMILES string of the molecule is C=C(C)C(=O)CC(C)(C)COC(=O)C(=C)C. The van der Waals surface area contributed by atoms with Gasteiger partial charge in [0, 0.05) is 17.4 Å². The summed E-state index contributed by atoms with van der Waals surface area (Å²) in [6.07, 6.45) is 0.325. The monoisotopic (exact) mass is 224 g/mol. The number of ether oxygens (including phenoxy) is 1. The van der Waals surface area contributed by atoms with Gasteiger partial charge in [-0.05, 0) is 19.4 Å². The lowest BCUT2D eigenvalue weighted by Crippen LogP contribution is -2.25. The van der Waals surface area contributed by atoms with Crippen LogP contribution in [0.1, 0.15) is 34.1 Å². The molecule has 0 N–H and O–H groups in total. The molecule has 0 saturated heterocycles. The number of allylic oxidation sites excluding steroid dienone is 1. The third kappa shape index (κ3) is 5.49. The van der Waals surface area contributed by atoms with Crippen LogP contribution in [0.15, 0.2) is 24.3 Å². The van der Waals surface area contributed by atoms with Gasteiger partial charge in [-0.1, -0.05) is 27.0 Å². The van der Waals surface area contributed by atoms with Crippen LogP contribution >= 0.6 is 0 Å². The summed E-state index contributed by atoms with van der Waals surface area (Å²) >= 11 is 0. The van der Waals surface area contributed by atoms with E-state index in [9.17, 15) is 9.59 Å². The summed E-state index contributed by atoms with van der Waals surface area (Å²) in [4.78, 5) is 22.7. The molecule has 90 valence electrons. The van der Waals surface area contributed by atoms with E-state index in [2.05, 4.69) is 13.2 Å². The van der Waals surface area contributed by atoms with Crippen molar-refractivity contribution >= 4 is 11.8 Å². The predicted molar refractivity (Wildman–Crippen MR) is 64.0 cm³/mol. The molecule has 0 aromatic heterocycles. The molecule has 0 unspecified atom stereocenters. The summed E-state index contributed by atoms with van der Waals surface area (Å²) in [5.41, 5.74) is 0.516. The van der Waals surface area contributed by atoms with Crippen molar-refractivity contribution in [1.82, 2.24) is 0 Å². The molecule has 0 rings (SSSR count). The van der Waals surface area contributed by atoms with Crippen molar-refractivity contribution in [3.8, 4) is 0 Å². The highest BCUT2D eigenvalue weighted by Crippen LogP contribution is 2.23. The number of ketones is 1. The van der Waals surface area contributed by atoms with Gasteiger partial charge in [0.1, 0.15) is 0 Å². The van der Waals surface area contributed by atoms with E-state index in [-0.39, 0.29) is 17.8 Å². The van der Waals surface area contributed by atoms with E-state index < -0.39 is 5.97 Å². The van der Waals surface area contributed by atoms with Crippen LogP contribution in [0, 0.1) is 5.41 Å². The number of rotatable bonds is 6. The van der Waals surface area contributed by atoms with E-state index in [1.165, 1.54) is 0 Å². The second-order valence-electron chi connectivity index (χ2n) is 4.90. The summed E-state index contributed by atoms with van der Waals surface area (Å²) in [6, 6.07) is 0. The third-order valence-electron chi connectivity index (χ3n) is 2.06. The Bertz CT molecular complexity index is 324. The topological polar surface area (TPSA) is 43.4 Å². The number of Topliss-reactive ketones (excluding diaryl/α,β-unsaturated/α-hetero) is 1. The van der Waals surface area contributed by atoms with Crippen LogP contribution < -0.4 is 0 Å². The van der Waals surface area contributed by atoms with Crippen molar-refractivity contribution in [3.05, 3.63) is 24.3 Å². The first-order chi connectivity index (χ1) is 7.15. The molecular weight excluding hydrogens is 204 g/mol. The summed E-state index contributed by atoms with van der Waals surface area (Å²) in [7, 11) is 0. The number of carbonyl (C=O) groups is 2. The highest BCUT2D eigenvalue weighted by molar-refractivity contribution is 5.94. The lowest BCUT2D eigenvalue weighted by atomic mass is 9.87. The number of esters is 1. The maximum Gasteiger partial charge on any atom is 0.333 e. The summed E-state index contributed by atoms with van der Waals surface area (Å²) in [5.74, 6) is -0.424. The molecule has 3 nitrogen and oxygen atoms in total. The molecule has 16 heavy (non-hydrogen) atoms. The van der Waals surface area contributed by atoms with Gasteiger partial charge in [-0.2, -0.15) is 0 Å². The first-order valence-electron chi connectivity index (χ1n) is 5.17. The molecule has 0 saturated carbocycles. The van der Waals surface area contributed by atoms with Gasteiger partial charge in [0.15, 0.2) is 5.78 Å². The third-order valence-corrected chi connectivity index (χ3v) is 2.06. The minimum atomic E-state index is -0.421. The van der Waals surface area contributed by atoms with Gasteiger partial charge in [-0.25, -0.2) is 4.79 Å². The van der Waals surface area contributed by atoms with Crippen molar-refractivity contribution in [2.24, 2.45) is 5.41 Å². The van der Waals surface area contributed by atoms with Crippen LogP contribution in [0.25, 0.3) is 0 Å². The van der Waals surface area contributed by atoms with Gasteiger partial charge in [0.25, 0.3) is 0 Å². The fraction of sp³-hybridized carbons (Fsp3) is 0.538. The summed E-state index contributed by atoms with van der Waals surface area (Å²) < 4.78 is 5.03. The zero-order valence-electron chi connectivity index (χ0n) is 10.6. The van der Waals surface area contributed by atoms with Gasteiger partial charge in [0.2, 0.25) is 0 Å². The molecular formula is C13H20O3. The molecule has 0 fully saturated rings. The Morgan fingerprint density at radius 1 is 1.12 bits per heavy atom. The maximum atomic E-state index is 11.5. The second kappa shape index (κ2) is 5.64. The normalized spacial score (nSPS) is 10.8. The van der Waals surface area contributed by atoms with E-state index >= 15 is 0 Å². The van der Waals surface area contributed by atoms with Crippen LogP contribution in [-0.2, 0) is 14.3 Å². The van der Waals surface area contributed by atoms with Crippen LogP contribution in [-0.4, -0.2) is 18.4 Å². The van der Waals surface area contributed by atoms with E-state index in [1.807, 2.05) is 13.8 Å². The fourth-order valence-corrected chi connectivity index (χ4v) is 1.02. The Morgan fingerprint density at radius 2 is 1.62 bits per heavy atom. The molecule has 0 bridgehead atoms. The molecule has 0 aromatic rings. The lowest BCUT2D eigenvalue weighted by molar-refractivity contribution is -0.142. The zero-order valence-corrected chi connectivity index (χ0v) is 10.6. The molecule has 0 amide bonds. The van der Waals surface area contributed by atoms with E-state index in [4.69, 9.17) is 4.74 Å². The first-order valence-corrected chi connectivity index (χ1v) is 5.17.